The van der Waals surface area contributed by atoms with Crippen LogP contribution in [0.4, 0.5) is 0 Å². The van der Waals surface area contributed by atoms with E-state index < -0.39 is 0 Å². The summed E-state index contributed by atoms with van der Waals surface area (Å²) < 4.78 is 0. The molecule has 0 aliphatic heterocycles. The Labute approximate surface area is 79.4 Å². The molecule has 13 heavy (non-hydrogen) atoms. The van der Waals surface area contributed by atoms with E-state index in [0.29, 0.717) is 6.54 Å². The van der Waals surface area contributed by atoms with Gasteiger partial charge in [0, 0.05) is 12.5 Å². The molecule has 1 unspecified atom stereocenters. The van der Waals surface area contributed by atoms with Crippen molar-refractivity contribution in [3.8, 4) is 0 Å². The van der Waals surface area contributed by atoms with Gasteiger partial charge in [-0.3, -0.25) is 4.99 Å². The lowest BCUT2D eigenvalue weighted by molar-refractivity contribution is -0.111. The number of guanidine groups is 1. The fourth-order valence-electron chi connectivity index (χ4n) is 1.21. The minimum absolute atomic E-state index is 0.123. The summed E-state index contributed by atoms with van der Waals surface area (Å²) in [5.74, 6) is 0.303. The molecule has 76 valence electrons. The van der Waals surface area contributed by atoms with E-state index in [1.165, 1.54) is 0 Å². The largest absolute Gasteiger partial charge is 0.370 e. The van der Waals surface area contributed by atoms with Crippen LogP contribution >= 0.6 is 0 Å². The van der Waals surface area contributed by atoms with Crippen LogP contribution in [0.3, 0.4) is 0 Å². The third kappa shape index (κ3) is 7.31. The van der Waals surface area contributed by atoms with Crippen molar-refractivity contribution < 1.29 is 4.79 Å². The van der Waals surface area contributed by atoms with Gasteiger partial charge in [0.2, 0.25) is 0 Å². The van der Waals surface area contributed by atoms with E-state index in [1.54, 1.807) is 0 Å². The van der Waals surface area contributed by atoms with Crippen LogP contribution in [0, 0.1) is 5.92 Å². The summed E-state index contributed by atoms with van der Waals surface area (Å²) in [5.41, 5.74) is 10.3. The Morgan fingerprint density at radius 1 is 1.46 bits per heavy atom. The van der Waals surface area contributed by atoms with E-state index in [1.807, 2.05) is 0 Å². The van der Waals surface area contributed by atoms with Crippen molar-refractivity contribution >= 4 is 12.2 Å². The highest BCUT2D eigenvalue weighted by atomic mass is 16.1. The van der Waals surface area contributed by atoms with Gasteiger partial charge < -0.3 is 16.3 Å². The maximum Gasteiger partial charge on any atom is 0.185 e. The van der Waals surface area contributed by atoms with Crippen LogP contribution in [-0.4, -0.2) is 18.8 Å². The average Bonchev–Trinajstić information content (AvgIpc) is 2.10. The van der Waals surface area contributed by atoms with Crippen molar-refractivity contribution in [2.45, 2.75) is 32.6 Å². The molecule has 0 aliphatic carbocycles. The van der Waals surface area contributed by atoms with E-state index in [-0.39, 0.29) is 11.9 Å². The van der Waals surface area contributed by atoms with E-state index >= 15 is 0 Å². The standard InChI is InChI=1S/C9H19N3O/c1-2-4-8(7-13)5-3-6-12-9(10)11/h7-8H,2-6H2,1H3,(H4,10,11,12). The summed E-state index contributed by atoms with van der Waals surface area (Å²) in [7, 11) is 0. The Kier molecular flexibility index (Phi) is 6.96. The fourth-order valence-corrected chi connectivity index (χ4v) is 1.21. The van der Waals surface area contributed by atoms with Gasteiger partial charge in [-0.2, -0.15) is 0 Å². The third-order valence-electron chi connectivity index (χ3n) is 1.88. The van der Waals surface area contributed by atoms with Crippen LogP contribution < -0.4 is 11.5 Å². The van der Waals surface area contributed by atoms with Gasteiger partial charge in [0.15, 0.2) is 5.96 Å². The highest BCUT2D eigenvalue weighted by Gasteiger charge is 2.04. The maximum atomic E-state index is 10.5. The lowest BCUT2D eigenvalue weighted by Gasteiger charge is -2.06. The first-order valence-corrected chi connectivity index (χ1v) is 4.71. The molecule has 0 fully saturated rings. The van der Waals surface area contributed by atoms with Crippen LogP contribution in [0.15, 0.2) is 4.99 Å². The highest BCUT2D eigenvalue weighted by molar-refractivity contribution is 5.75. The van der Waals surface area contributed by atoms with Crippen molar-refractivity contribution in [1.29, 1.82) is 0 Å². The number of carbonyl (C=O) groups is 1. The van der Waals surface area contributed by atoms with Gasteiger partial charge in [0.05, 0.1) is 0 Å². The van der Waals surface area contributed by atoms with E-state index in [0.717, 1.165) is 32.0 Å². The molecule has 0 aromatic rings. The van der Waals surface area contributed by atoms with E-state index in [2.05, 4.69) is 11.9 Å². The number of rotatable bonds is 7. The molecule has 4 heteroatoms. The summed E-state index contributed by atoms with van der Waals surface area (Å²) in [6.45, 7) is 2.70. The number of carbonyl (C=O) groups excluding carboxylic acids is 1. The number of nitrogens with zero attached hydrogens (tertiary/aromatic N) is 1. The molecule has 0 aromatic heterocycles. The molecular formula is C9H19N3O. The summed E-state index contributed by atoms with van der Waals surface area (Å²) in [4.78, 5) is 14.4. The topological polar surface area (TPSA) is 81.5 Å². The Morgan fingerprint density at radius 3 is 2.62 bits per heavy atom. The maximum absolute atomic E-state index is 10.5. The molecule has 0 aliphatic rings. The second-order valence-electron chi connectivity index (χ2n) is 3.13. The summed E-state index contributed by atoms with van der Waals surface area (Å²) in [6, 6.07) is 0. The first-order chi connectivity index (χ1) is 6.20. The number of hydrogen-bond donors (Lipinski definition) is 2. The van der Waals surface area contributed by atoms with Gasteiger partial charge in [0.1, 0.15) is 6.29 Å². The number of aldehydes is 1. The van der Waals surface area contributed by atoms with Crippen LogP contribution in [0.25, 0.3) is 0 Å². The fraction of sp³-hybridized carbons (Fsp3) is 0.778. The zero-order valence-electron chi connectivity index (χ0n) is 8.20. The predicted molar refractivity (Wildman–Crippen MR) is 54.4 cm³/mol. The smallest absolute Gasteiger partial charge is 0.185 e. The molecule has 0 saturated heterocycles. The molecule has 4 N–H and O–H groups in total. The normalized spacial score (nSPS) is 12.1. The quantitative estimate of drug-likeness (QED) is 0.264. The third-order valence-corrected chi connectivity index (χ3v) is 1.88. The first-order valence-electron chi connectivity index (χ1n) is 4.71. The van der Waals surface area contributed by atoms with Crippen molar-refractivity contribution in [2.24, 2.45) is 22.4 Å². The molecule has 4 nitrogen and oxygen atoms in total. The molecule has 0 aromatic carbocycles. The molecule has 0 spiro atoms. The van der Waals surface area contributed by atoms with Gasteiger partial charge >= 0.3 is 0 Å². The van der Waals surface area contributed by atoms with Crippen LogP contribution in [0.2, 0.25) is 0 Å². The van der Waals surface area contributed by atoms with Crippen molar-refractivity contribution in [1.82, 2.24) is 0 Å². The molecule has 0 heterocycles. The number of aliphatic imine (C=N–C) groups is 1. The Balaban J connectivity index is 3.49. The molecular weight excluding hydrogens is 166 g/mol. The molecule has 0 radical (unpaired) electrons. The molecule has 0 rings (SSSR count). The summed E-state index contributed by atoms with van der Waals surface area (Å²) in [5, 5.41) is 0. The first kappa shape index (κ1) is 11.9. The highest BCUT2D eigenvalue weighted by Crippen LogP contribution is 2.10. The van der Waals surface area contributed by atoms with E-state index in [9.17, 15) is 4.79 Å². The van der Waals surface area contributed by atoms with Gasteiger partial charge in [-0.15, -0.1) is 0 Å². The summed E-state index contributed by atoms with van der Waals surface area (Å²) >= 11 is 0. The second kappa shape index (κ2) is 7.58. The Bertz CT molecular complexity index is 164. The Morgan fingerprint density at radius 2 is 2.15 bits per heavy atom. The zero-order chi connectivity index (χ0) is 10.1. The molecule has 0 bridgehead atoms. The Hall–Kier alpha value is -1.06. The molecule has 1 atom stereocenters. The van der Waals surface area contributed by atoms with Gasteiger partial charge in [-0.25, -0.2) is 0 Å². The number of nitrogens with two attached hydrogens (primary N) is 2. The monoisotopic (exact) mass is 185 g/mol. The lowest BCUT2D eigenvalue weighted by Crippen LogP contribution is -2.23. The van der Waals surface area contributed by atoms with Gasteiger partial charge in [-0.05, 0) is 19.3 Å². The zero-order valence-corrected chi connectivity index (χ0v) is 8.20. The van der Waals surface area contributed by atoms with Crippen LogP contribution in [0.1, 0.15) is 32.6 Å². The van der Waals surface area contributed by atoms with Crippen LogP contribution in [0.5, 0.6) is 0 Å². The minimum Gasteiger partial charge on any atom is -0.370 e. The van der Waals surface area contributed by atoms with Crippen molar-refractivity contribution in [3.63, 3.8) is 0 Å². The molecule has 0 saturated carbocycles. The van der Waals surface area contributed by atoms with Crippen molar-refractivity contribution in [3.05, 3.63) is 0 Å². The van der Waals surface area contributed by atoms with E-state index in [4.69, 9.17) is 11.5 Å². The van der Waals surface area contributed by atoms with Gasteiger partial charge in [-0.1, -0.05) is 13.3 Å². The SMILES string of the molecule is CCCC(C=O)CCCN=C(N)N. The number of hydrogen-bond acceptors (Lipinski definition) is 2. The lowest BCUT2D eigenvalue weighted by atomic mass is 10.00. The molecule has 0 amide bonds. The minimum atomic E-state index is 0.123. The second-order valence-corrected chi connectivity index (χ2v) is 3.13. The van der Waals surface area contributed by atoms with Gasteiger partial charge in [0.25, 0.3) is 0 Å². The van der Waals surface area contributed by atoms with Crippen molar-refractivity contribution in [2.75, 3.05) is 6.54 Å². The average molecular weight is 185 g/mol. The van der Waals surface area contributed by atoms with Crippen LogP contribution in [-0.2, 0) is 4.79 Å². The summed E-state index contributed by atoms with van der Waals surface area (Å²) in [6.07, 6.45) is 4.80. The predicted octanol–water partition coefficient (Wildman–Crippen LogP) is 0.655.